The Hall–Kier alpha value is -0.840. The maximum atomic E-state index is 5.15. The molecule has 5 heteroatoms. The van der Waals surface area contributed by atoms with E-state index in [1.54, 1.807) is 19.4 Å². The van der Waals surface area contributed by atoms with Crippen molar-refractivity contribution >= 4 is 21.9 Å². The molecule has 17 heavy (non-hydrogen) atoms. The monoisotopic (exact) mass is 299 g/mol. The second-order valence-electron chi connectivity index (χ2n) is 4.22. The topological polar surface area (TPSA) is 38.2 Å². The van der Waals surface area contributed by atoms with Crippen LogP contribution in [0.1, 0.15) is 25.7 Å². The van der Waals surface area contributed by atoms with Gasteiger partial charge < -0.3 is 9.64 Å². The van der Waals surface area contributed by atoms with Crippen molar-refractivity contribution in [2.75, 3.05) is 23.9 Å². The van der Waals surface area contributed by atoms with Gasteiger partial charge in [-0.15, -0.1) is 0 Å². The molecule has 0 aliphatic carbocycles. The fourth-order valence-corrected chi connectivity index (χ4v) is 2.62. The summed E-state index contributed by atoms with van der Waals surface area (Å²) in [6, 6.07) is 2.37. The summed E-state index contributed by atoms with van der Waals surface area (Å²) in [5.41, 5.74) is 0. The highest BCUT2D eigenvalue weighted by atomic mass is 79.9. The third-order valence-electron chi connectivity index (χ3n) is 3.13. The normalized spacial score (nSPS) is 19.6. The SMILES string of the molecule is COc1ccnc(N2CCCC2CCCBr)n1. The zero-order chi connectivity index (χ0) is 12.1. The fraction of sp³-hybridized carbons (Fsp3) is 0.667. The van der Waals surface area contributed by atoms with Gasteiger partial charge in [-0.1, -0.05) is 15.9 Å². The zero-order valence-corrected chi connectivity index (χ0v) is 11.7. The van der Waals surface area contributed by atoms with E-state index >= 15 is 0 Å². The van der Waals surface area contributed by atoms with E-state index in [0.717, 1.165) is 17.8 Å². The van der Waals surface area contributed by atoms with Crippen molar-refractivity contribution in [2.45, 2.75) is 31.7 Å². The van der Waals surface area contributed by atoms with E-state index in [4.69, 9.17) is 4.74 Å². The molecule has 2 rings (SSSR count). The first-order chi connectivity index (χ1) is 8.35. The lowest BCUT2D eigenvalue weighted by Gasteiger charge is -2.24. The second-order valence-corrected chi connectivity index (χ2v) is 5.01. The van der Waals surface area contributed by atoms with Gasteiger partial charge in [-0.3, -0.25) is 0 Å². The Bertz CT molecular complexity index is 361. The van der Waals surface area contributed by atoms with Gasteiger partial charge >= 0.3 is 0 Å². The van der Waals surface area contributed by atoms with E-state index in [2.05, 4.69) is 30.8 Å². The number of ether oxygens (including phenoxy) is 1. The van der Waals surface area contributed by atoms with Crippen molar-refractivity contribution in [3.05, 3.63) is 12.3 Å². The largest absolute Gasteiger partial charge is 0.481 e. The third kappa shape index (κ3) is 3.09. The summed E-state index contributed by atoms with van der Waals surface area (Å²) in [6.07, 6.45) is 6.64. The van der Waals surface area contributed by atoms with Crippen LogP contribution in [-0.4, -0.2) is 35.0 Å². The minimum absolute atomic E-state index is 0.583. The molecule has 1 saturated heterocycles. The minimum Gasteiger partial charge on any atom is -0.481 e. The van der Waals surface area contributed by atoms with Crippen molar-refractivity contribution in [3.63, 3.8) is 0 Å². The Morgan fingerprint density at radius 2 is 2.47 bits per heavy atom. The summed E-state index contributed by atoms with van der Waals surface area (Å²) in [7, 11) is 1.64. The van der Waals surface area contributed by atoms with Crippen LogP contribution in [-0.2, 0) is 0 Å². The second kappa shape index (κ2) is 6.19. The highest BCUT2D eigenvalue weighted by Crippen LogP contribution is 2.26. The summed E-state index contributed by atoms with van der Waals surface area (Å²) < 4.78 is 5.15. The smallest absolute Gasteiger partial charge is 0.228 e. The van der Waals surface area contributed by atoms with Crippen molar-refractivity contribution in [1.82, 2.24) is 9.97 Å². The van der Waals surface area contributed by atoms with Crippen LogP contribution in [0.4, 0.5) is 5.95 Å². The van der Waals surface area contributed by atoms with Gasteiger partial charge in [0, 0.05) is 30.2 Å². The number of aromatic nitrogens is 2. The average Bonchev–Trinajstić information content (AvgIpc) is 2.84. The molecule has 1 unspecified atom stereocenters. The van der Waals surface area contributed by atoms with Crippen molar-refractivity contribution in [3.8, 4) is 5.88 Å². The Morgan fingerprint density at radius 1 is 1.59 bits per heavy atom. The van der Waals surface area contributed by atoms with Crippen LogP contribution in [0.5, 0.6) is 5.88 Å². The van der Waals surface area contributed by atoms with Gasteiger partial charge in [0.25, 0.3) is 0 Å². The number of halogens is 1. The maximum absolute atomic E-state index is 5.15. The number of hydrogen-bond donors (Lipinski definition) is 0. The fourth-order valence-electron chi connectivity index (χ4n) is 2.30. The van der Waals surface area contributed by atoms with E-state index in [-0.39, 0.29) is 0 Å². The molecule has 1 aromatic heterocycles. The van der Waals surface area contributed by atoms with Crippen LogP contribution >= 0.6 is 15.9 Å². The van der Waals surface area contributed by atoms with Crippen LogP contribution in [0.3, 0.4) is 0 Å². The lowest BCUT2D eigenvalue weighted by atomic mass is 10.1. The number of rotatable bonds is 5. The molecule has 4 nitrogen and oxygen atoms in total. The zero-order valence-electron chi connectivity index (χ0n) is 10.1. The standard InChI is InChI=1S/C12H18BrN3O/c1-17-11-6-8-14-12(15-11)16-9-3-5-10(16)4-2-7-13/h6,8,10H,2-5,7,9H2,1H3. The van der Waals surface area contributed by atoms with Gasteiger partial charge in [0.2, 0.25) is 11.8 Å². The van der Waals surface area contributed by atoms with Gasteiger partial charge in [0.1, 0.15) is 0 Å². The summed E-state index contributed by atoms with van der Waals surface area (Å²) in [4.78, 5) is 11.1. The van der Waals surface area contributed by atoms with E-state index in [9.17, 15) is 0 Å². The van der Waals surface area contributed by atoms with Crippen molar-refractivity contribution < 1.29 is 4.74 Å². The van der Waals surface area contributed by atoms with Gasteiger partial charge in [-0.2, -0.15) is 4.98 Å². The Morgan fingerprint density at radius 3 is 3.24 bits per heavy atom. The molecule has 0 amide bonds. The highest BCUT2D eigenvalue weighted by Gasteiger charge is 2.26. The summed E-state index contributed by atoms with van der Waals surface area (Å²) in [5.74, 6) is 1.45. The average molecular weight is 300 g/mol. The predicted molar refractivity (Wildman–Crippen MR) is 72.0 cm³/mol. The predicted octanol–water partition coefficient (Wildman–Crippen LogP) is 2.63. The molecule has 0 aromatic carbocycles. The van der Waals surface area contributed by atoms with E-state index < -0.39 is 0 Å². The van der Waals surface area contributed by atoms with Crippen LogP contribution < -0.4 is 9.64 Å². The highest BCUT2D eigenvalue weighted by molar-refractivity contribution is 9.09. The Labute approximate surface area is 111 Å². The summed E-state index contributed by atoms with van der Waals surface area (Å²) in [6.45, 7) is 1.06. The molecule has 0 bridgehead atoms. The van der Waals surface area contributed by atoms with Crippen molar-refractivity contribution in [2.24, 2.45) is 0 Å². The van der Waals surface area contributed by atoms with Gasteiger partial charge in [-0.05, 0) is 25.7 Å². The lowest BCUT2D eigenvalue weighted by molar-refractivity contribution is 0.396. The van der Waals surface area contributed by atoms with Gasteiger partial charge in [0.15, 0.2) is 0 Å². The van der Waals surface area contributed by atoms with E-state index in [1.165, 1.54) is 25.7 Å². The molecule has 0 radical (unpaired) electrons. The van der Waals surface area contributed by atoms with Gasteiger partial charge in [-0.25, -0.2) is 4.98 Å². The van der Waals surface area contributed by atoms with Crippen molar-refractivity contribution in [1.29, 1.82) is 0 Å². The molecular formula is C12H18BrN3O. The summed E-state index contributed by atoms with van der Waals surface area (Å²) >= 11 is 3.49. The van der Waals surface area contributed by atoms with Crippen LogP contribution in [0.15, 0.2) is 12.3 Å². The number of hydrogen-bond acceptors (Lipinski definition) is 4. The van der Waals surface area contributed by atoms with E-state index in [0.29, 0.717) is 11.9 Å². The first kappa shape index (κ1) is 12.6. The van der Waals surface area contributed by atoms with Crippen LogP contribution in [0, 0.1) is 0 Å². The number of methoxy groups -OCH3 is 1. The number of nitrogens with zero attached hydrogens (tertiary/aromatic N) is 3. The molecule has 1 aromatic rings. The molecule has 1 atom stereocenters. The van der Waals surface area contributed by atoms with Gasteiger partial charge in [0.05, 0.1) is 7.11 Å². The van der Waals surface area contributed by atoms with E-state index in [1.807, 2.05) is 0 Å². The van der Waals surface area contributed by atoms with Crippen LogP contribution in [0.25, 0.3) is 0 Å². The molecule has 0 saturated carbocycles. The molecular weight excluding hydrogens is 282 g/mol. The first-order valence-electron chi connectivity index (χ1n) is 6.05. The Balaban J connectivity index is 2.08. The first-order valence-corrected chi connectivity index (χ1v) is 7.17. The molecule has 1 aliphatic rings. The molecule has 1 aliphatic heterocycles. The maximum Gasteiger partial charge on any atom is 0.228 e. The molecule has 0 spiro atoms. The third-order valence-corrected chi connectivity index (χ3v) is 3.69. The Kier molecular flexibility index (Phi) is 4.59. The molecule has 94 valence electrons. The molecule has 1 fully saturated rings. The summed E-state index contributed by atoms with van der Waals surface area (Å²) in [5, 5.41) is 1.07. The quantitative estimate of drug-likeness (QED) is 0.784. The van der Waals surface area contributed by atoms with Crippen LogP contribution in [0.2, 0.25) is 0 Å². The number of anilines is 1. The molecule has 0 N–H and O–H groups in total. The minimum atomic E-state index is 0.583. The lowest BCUT2D eigenvalue weighted by Crippen LogP contribution is -2.30. The number of alkyl halides is 1. The molecule has 2 heterocycles.